The van der Waals surface area contributed by atoms with Crippen molar-refractivity contribution in [3.8, 4) is 5.75 Å². The maximum Gasteiger partial charge on any atom is 0.144 e. The number of aromatic nitrogens is 1. The Morgan fingerprint density at radius 3 is 2.48 bits per heavy atom. The summed E-state index contributed by atoms with van der Waals surface area (Å²) >= 11 is 0. The normalized spacial score (nSPS) is 28.7. The first-order valence-corrected chi connectivity index (χ1v) is 7.54. The third-order valence-electron chi connectivity index (χ3n) is 4.71. The highest BCUT2D eigenvalue weighted by Gasteiger charge is 2.41. The van der Waals surface area contributed by atoms with Crippen molar-refractivity contribution in [3.05, 3.63) is 23.0 Å². The summed E-state index contributed by atoms with van der Waals surface area (Å²) in [5, 5.41) is 0. The van der Waals surface area contributed by atoms with E-state index in [2.05, 4.69) is 11.9 Å². The van der Waals surface area contributed by atoms with Crippen LogP contribution in [0.2, 0.25) is 0 Å². The molecule has 116 valence electrons. The summed E-state index contributed by atoms with van der Waals surface area (Å²) in [4.78, 5) is 17.1. The van der Waals surface area contributed by atoms with E-state index in [9.17, 15) is 4.79 Å². The number of hydrogen-bond donors (Lipinski definition) is 0. The Labute approximate surface area is 126 Å². The SMILES string of the molecule is COc1c(C)cnc(CC(=O)C2C(C)OC(C)C2C)c1C. The van der Waals surface area contributed by atoms with Crippen LogP contribution in [0.15, 0.2) is 6.20 Å². The number of nitrogens with zero attached hydrogens (tertiary/aromatic N) is 1. The maximum absolute atomic E-state index is 12.7. The van der Waals surface area contributed by atoms with Gasteiger partial charge in [0.15, 0.2) is 0 Å². The van der Waals surface area contributed by atoms with E-state index in [1.165, 1.54) is 0 Å². The monoisotopic (exact) mass is 291 g/mol. The van der Waals surface area contributed by atoms with Gasteiger partial charge in [0.25, 0.3) is 0 Å². The Bertz CT molecular complexity index is 541. The van der Waals surface area contributed by atoms with Gasteiger partial charge in [-0.25, -0.2) is 0 Å². The highest BCUT2D eigenvalue weighted by Crippen LogP contribution is 2.34. The molecule has 0 saturated carbocycles. The number of aryl methyl sites for hydroxylation is 1. The van der Waals surface area contributed by atoms with Crippen LogP contribution in [0.4, 0.5) is 0 Å². The molecule has 0 amide bonds. The predicted octanol–water partition coefficient (Wildman–Crippen LogP) is 2.88. The lowest BCUT2D eigenvalue weighted by Gasteiger charge is -2.18. The third-order valence-corrected chi connectivity index (χ3v) is 4.71. The van der Waals surface area contributed by atoms with Crippen molar-refractivity contribution in [2.45, 2.75) is 53.2 Å². The van der Waals surface area contributed by atoms with Gasteiger partial charge < -0.3 is 9.47 Å². The number of carbonyl (C=O) groups excluding carboxylic acids is 1. The molecule has 0 spiro atoms. The molecule has 1 aliphatic rings. The molecule has 4 heteroatoms. The quantitative estimate of drug-likeness (QED) is 0.856. The summed E-state index contributed by atoms with van der Waals surface area (Å²) in [6, 6.07) is 0. The van der Waals surface area contributed by atoms with E-state index in [1.54, 1.807) is 13.3 Å². The van der Waals surface area contributed by atoms with E-state index in [0.717, 1.165) is 22.6 Å². The molecule has 1 aromatic heterocycles. The zero-order valence-electron chi connectivity index (χ0n) is 13.8. The van der Waals surface area contributed by atoms with E-state index in [0.29, 0.717) is 6.42 Å². The second kappa shape index (κ2) is 6.14. The number of ether oxygens (including phenoxy) is 2. The number of carbonyl (C=O) groups is 1. The topological polar surface area (TPSA) is 48.4 Å². The van der Waals surface area contributed by atoms with Crippen molar-refractivity contribution in [3.63, 3.8) is 0 Å². The zero-order chi connectivity index (χ0) is 15.7. The van der Waals surface area contributed by atoms with Gasteiger partial charge in [0.1, 0.15) is 11.5 Å². The van der Waals surface area contributed by atoms with Gasteiger partial charge in [-0.1, -0.05) is 6.92 Å². The minimum Gasteiger partial charge on any atom is -0.496 e. The molecular weight excluding hydrogens is 266 g/mol. The first-order chi connectivity index (χ1) is 9.86. The van der Waals surface area contributed by atoms with Crippen molar-refractivity contribution in [1.29, 1.82) is 0 Å². The summed E-state index contributed by atoms with van der Waals surface area (Å²) in [5.74, 6) is 1.24. The minimum atomic E-state index is -0.0477. The average molecular weight is 291 g/mol. The van der Waals surface area contributed by atoms with Crippen LogP contribution in [-0.4, -0.2) is 30.1 Å². The van der Waals surface area contributed by atoms with Crippen LogP contribution < -0.4 is 4.74 Å². The van der Waals surface area contributed by atoms with Gasteiger partial charge in [0, 0.05) is 29.7 Å². The largest absolute Gasteiger partial charge is 0.496 e. The Balaban J connectivity index is 2.21. The number of hydrogen-bond acceptors (Lipinski definition) is 4. The van der Waals surface area contributed by atoms with Crippen LogP contribution in [0.3, 0.4) is 0 Å². The fourth-order valence-electron chi connectivity index (χ4n) is 3.35. The Hall–Kier alpha value is -1.42. The van der Waals surface area contributed by atoms with Gasteiger partial charge in [-0.2, -0.15) is 0 Å². The van der Waals surface area contributed by atoms with Crippen LogP contribution in [0.5, 0.6) is 5.75 Å². The zero-order valence-corrected chi connectivity index (χ0v) is 13.8. The summed E-state index contributed by atoms with van der Waals surface area (Å²) < 4.78 is 11.2. The van der Waals surface area contributed by atoms with Gasteiger partial charge in [0.2, 0.25) is 0 Å². The van der Waals surface area contributed by atoms with E-state index >= 15 is 0 Å². The Kier molecular flexibility index (Phi) is 4.67. The van der Waals surface area contributed by atoms with Gasteiger partial charge in [0.05, 0.1) is 25.0 Å². The van der Waals surface area contributed by atoms with E-state index in [4.69, 9.17) is 9.47 Å². The summed E-state index contributed by atoms with van der Waals surface area (Å²) in [5.41, 5.74) is 2.75. The minimum absolute atomic E-state index is 0.0184. The smallest absolute Gasteiger partial charge is 0.144 e. The molecule has 0 radical (unpaired) electrons. The van der Waals surface area contributed by atoms with Crippen molar-refractivity contribution in [2.24, 2.45) is 11.8 Å². The van der Waals surface area contributed by atoms with Crippen LogP contribution >= 0.6 is 0 Å². The first kappa shape index (κ1) is 16.0. The van der Waals surface area contributed by atoms with E-state index in [-0.39, 0.29) is 29.8 Å². The van der Waals surface area contributed by atoms with Crippen molar-refractivity contribution in [1.82, 2.24) is 4.98 Å². The number of pyridine rings is 1. The number of methoxy groups -OCH3 is 1. The lowest BCUT2D eigenvalue weighted by molar-refractivity contribution is -0.124. The molecule has 4 unspecified atom stereocenters. The molecule has 0 N–H and O–H groups in total. The highest BCUT2D eigenvalue weighted by atomic mass is 16.5. The summed E-state index contributed by atoms with van der Waals surface area (Å²) in [6.07, 6.45) is 2.23. The molecule has 2 heterocycles. The fraction of sp³-hybridized carbons (Fsp3) is 0.647. The molecule has 0 aromatic carbocycles. The molecule has 1 fully saturated rings. The standard InChI is InChI=1S/C17H25NO3/c1-9-8-18-14(11(3)17(9)20-6)7-15(19)16-10(2)12(4)21-13(16)5/h8,10,12-13,16H,7H2,1-6H3. The average Bonchev–Trinajstić information content (AvgIpc) is 2.67. The first-order valence-electron chi connectivity index (χ1n) is 7.54. The number of ketones is 1. The molecule has 0 aliphatic carbocycles. The predicted molar refractivity (Wildman–Crippen MR) is 81.6 cm³/mol. The van der Waals surface area contributed by atoms with E-state index < -0.39 is 0 Å². The van der Waals surface area contributed by atoms with Crippen LogP contribution in [0.1, 0.15) is 37.6 Å². The fourth-order valence-corrected chi connectivity index (χ4v) is 3.35. The van der Waals surface area contributed by atoms with Crippen molar-refractivity contribution >= 4 is 5.78 Å². The van der Waals surface area contributed by atoms with Crippen molar-refractivity contribution in [2.75, 3.05) is 7.11 Å². The molecule has 0 bridgehead atoms. The third kappa shape index (κ3) is 2.95. The molecule has 21 heavy (non-hydrogen) atoms. The Morgan fingerprint density at radius 1 is 1.29 bits per heavy atom. The molecule has 4 atom stereocenters. The van der Waals surface area contributed by atoms with E-state index in [1.807, 2.05) is 27.7 Å². The van der Waals surface area contributed by atoms with Crippen LogP contribution in [0, 0.1) is 25.7 Å². The van der Waals surface area contributed by atoms with Crippen LogP contribution in [-0.2, 0) is 16.0 Å². The van der Waals surface area contributed by atoms with Gasteiger partial charge in [-0.05, 0) is 33.6 Å². The second-order valence-corrected chi connectivity index (χ2v) is 6.12. The molecule has 1 aliphatic heterocycles. The lowest BCUT2D eigenvalue weighted by atomic mass is 9.84. The van der Waals surface area contributed by atoms with Crippen LogP contribution in [0.25, 0.3) is 0 Å². The molecule has 2 rings (SSSR count). The van der Waals surface area contributed by atoms with Crippen molar-refractivity contribution < 1.29 is 14.3 Å². The molecule has 1 aromatic rings. The molecule has 1 saturated heterocycles. The maximum atomic E-state index is 12.7. The summed E-state index contributed by atoms with van der Waals surface area (Å²) in [6.45, 7) is 10.0. The molecular formula is C17H25NO3. The second-order valence-electron chi connectivity index (χ2n) is 6.12. The number of rotatable bonds is 4. The number of Topliss-reactive ketones (excluding diaryl/α,β-unsaturated/α-hetero) is 1. The lowest BCUT2D eigenvalue weighted by Crippen LogP contribution is -2.28. The van der Waals surface area contributed by atoms with Gasteiger partial charge in [-0.15, -0.1) is 0 Å². The molecule has 4 nitrogen and oxygen atoms in total. The highest BCUT2D eigenvalue weighted by molar-refractivity contribution is 5.84. The summed E-state index contributed by atoms with van der Waals surface area (Å²) in [7, 11) is 1.65. The van der Waals surface area contributed by atoms with Gasteiger partial charge in [-0.3, -0.25) is 9.78 Å². The Morgan fingerprint density at radius 2 is 1.95 bits per heavy atom. The van der Waals surface area contributed by atoms with Gasteiger partial charge >= 0.3 is 0 Å².